The van der Waals surface area contributed by atoms with Crippen molar-refractivity contribution in [1.29, 1.82) is 0 Å². The highest BCUT2D eigenvalue weighted by Gasteiger charge is 2.30. The second-order valence-corrected chi connectivity index (χ2v) is 6.41. The zero-order chi connectivity index (χ0) is 13.0. The first-order valence-electron chi connectivity index (χ1n) is 7.69. The quantitative estimate of drug-likeness (QED) is 0.788. The number of rotatable bonds is 6. The average molecular weight is 252 g/mol. The maximum Gasteiger partial charge on any atom is 0.237 e. The summed E-state index contributed by atoms with van der Waals surface area (Å²) in [5.41, 5.74) is 0. The predicted octanol–water partition coefficient (Wildman–Crippen LogP) is 2.76. The summed E-state index contributed by atoms with van der Waals surface area (Å²) in [4.78, 5) is 13.9. The van der Waals surface area contributed by atoms with Crippen LogP contribution in [0.2, 0.25) is 0 Å². The summed E-state index contributed by atoms with van der Waals surface area (Å²) in [6, 6.07) is 0. The van der Waals surface area contributed by atoms with Crippen molar-refractivity contribution in [3.8, 4) is 0 Å². The van der Waals surface area contributed by atoms with Crippen molar-refractivity contribution < 1.29 is 4.79 Å². The van der Waals surface area contributed by atoms with Crippen molar-refractivity contribution >= 4 is 5.91 Å². The van der Waals surface area contributed by atoms with Gasteiger partial charge in [0.25, 0.3) is 0 Å². The molecule has 0 spiro atoms. The van der Waals surface area contributed by atoms with Gasteiger partial charge in [0.05, 0.1) is 12.7 Å². The molecule has 0 aromatic heterocycles. The van der Waals surface area contributed by atoms with Crippen LogP contribution >= 0.6 is 0 Å². The fraction of sp³-hybridized carbons (Fsp3) is 0.933. The number of amides is 1. The summed E-state index contributed by atoms with van der Waals surface area (Å²) in [5.74, 6) is 1.89. The maximum absolute atomic E-state index is 11.9. The Morgan fingerprint density at radius 3 is 2.72 bits per heavy atom. The van der Waals surface area contributed by atoms with E-state index in [1.807, 2.05) is 0 Å². The van der Waals surface area contributed by atoms with E-state index in [0.29, 0.717) is 24.5 Å². The van der Waals surface area contributed by atoms with Crippen LogP contribution in [0.15, 0.2) is 0 Å². The molecule has 1 aliphatic carbocycles. The van der Waals surface area contributed by atoms with Crippen molar-refractivity contribution in [2.75, 3.05) is 13.1 Å². The van der Waals surface area contributed by atoms with Gasteiger partial charge in [0.2, 0.25) is 5.91 Å². The van der Waals surface area contributed by atoms with Gasteiger partial charge in [0.1, 0.15) is 0 Å². The van der Waals surface area contributed by atoms with Crippen molar-refractivity contribution in [2.24, 2.45) is 11.8 Å². The molecule has 3 nitrogen and oxygen atoms in total. The van der Waals surface area contributed by atoms with Crippen LogP contribution in [-0.4, -0.2) is 30.1 Å². The van der Waals surface area contributed by atoms with Crippen molar-refractivity contribution in [3.63, 3.8) is 0 Å². The van der Waals surface area contributed by atoms with Gasteiger partial charge in [0.15, 0.2) is 0 Å². The number of carbonyl (C=O) groups is 1. The summed E-state index contributed by atoms with van der Waals surface area (Å²) in [6.45, 7) is 5.95. The fourth-order valence-corrected chi connectivity index (χ4v) is 3.38. The summed E-state index contributed by atoms with van der Waals surface area (Å²) >= 11 is 0. The smallest absolute Gasteiger partial charge is 0.237 e. The molecule has 2 rings (SSSR count). The highest BCUT2D eigenvalue weighted by molar-refractivity contribution is 5.80. The Hall–Kier alpha value is -0.570. The molecule has 1 unspecified atom stereocenters. The molecule has 0 bridgehead atoms. The molecule has 0 aromatic rings. The van der Waals surface area contributed by atoms with Crippen molar-refractivity contribution in [3.05, 3.63) is 0 Å². The van der Waals surface area contributed by atoms with Gasteiger partial charge in [0, 0.05) is 6.54 Å². The van der Waals surface area contributed by atoms with E-state index in [0.717, 1.165) is 18.9 Å². The number of nitrogens with zero attached hydrogens (tertiary/aromatic N) is 1. The minimum absolute atomic E-state index is 0.293. The largest absolute Gasteiger partial charge is 0.326 e. The molecule has 2 aliphatic rings. The molecule has 2 fully saturated rings. The maximum atomic E-state index is 11.9. The SMILES string of the molecule is CC(C)CC1NCC(=O)N1CCCC1CCCC1. The van der Waals surface area contributed by atoms with Crippen molar-refractivity contribution in [2.45, 2.75) is 65.0 Å². The molecule has 0 aromatic carbocycles. The molecular weight excluding hydrogens is 224 g/mol. The Labute approximate surface area is 111 Å². The molecule has 1 saturated heterocycles. The Kier molecular flexibility index (Phi) is 5.04. The summed E-state index contributed by atoms with van der Waals surface area (Å²) < 4.78 is 0. The summed E-state index contributed by atoms with van der Waals surface area (Å²) in [7, 11) is 0. The fourth-order valence-electron chi connectivity index (χ4n) is 3.38. The van der Waals surface area contributed by atoms with Gasteiger partial charge in [-0.15, -0.1) is 0 Å². The Morgan fingerprint density at radius 2 is 2.06 bits per heavy atom. The van der Waals surface area contributed by atoms with E-state index in [-0.39, 0.29) is 0 Å². The molecule has 1 heterocycles. The van der Waals surface area contributed by atoms with Gasteiger partial charge < -0.3 is 4.90 Å². The molecular formula is C15H28N2O. The van der Waals surface area contributed by atoms with Crippen LogP contribution in [0.4, 0.5) is 0 Å². The minimum atomic E-state index is 0.293. The normalized spacial score (nSPS) is 25.6. The monoisotopic (exact) mass is 252 g/mol. The lowest BCUT2D eigenvalue weighted by atomic mass is 10.0. The lowest BCUT2D eigenvalue weighted by molar-refractivity contribution is -0.128. The van der Waals surface area contributed by atoms with Crippen LogP contribution < -0.4 is 5.32 Å². The number of nitrogens with one attached hydrogen (secondary N) is 1. The summed E-state index contributed by atoms with van der Waals surface area (Å²) in [6.07, 6.45) is 9.56. The molecule has 1 saturated carbocycles. The second kappa shape index (κ2) is 6.55. The van der Waals surface area contributed by atoms with E-state index in [1.165, 1.54) is 38.5 Å². The lowest BCUT2D eigenvalue weighted by Gasteiger charge is -2.26. The molecule has 1 N–H and O–H groups in total. The van der Waals surface area contributed by atoms with Gasteiger partial charge in [-0.05, 0) is 31.1 Å². The van der Waals surface area contributed by atoms with E-state index >= 15 is 0 Å². The molecule has 3 heteroatoms. The Morgan fingerprint density at radius 1 is 1.33 bits per heavy atom. The average Bonchev–Trinajstić information content (AvgIpc) is 2.92. The number of carbonyl (C=O) groups excluding carboxylic acids is 1. The van der Waals surface area contributed by atoms with E-state index in [4.69, 9.17) is 0 Å². The molecule has 0 radical (unpaired) electrons. The third-order valence-electron chi connectivity index (χ3n) is 4.37. The van der Waals surface area contributed by atoms with Gasteiger partial charge in [-0.3, -0.25) is 10.1 Å². The molecule has 1 atom stereocenters. The van der Waals surface area contributed by atoms with E-state index < -0.39 is 0 Å². The van der Waals surface area contributed by atoms with Crippen LogP contribution in [0.1, 0.15) is 58.8 Å². The molecule has 18 heavy (non-hydrogen) atoms. The Bertz CT molecular complexity index is 272. The third kappa shape index (κ3) is 3.71. The molecule has 104 valence electrons. The first-order chi connectivity index (χ1) is 8.66. The topological polar surface area (TPSA) is 32.3 Å². The zero-order valence-electron chi connectivity index (χ0n) is 12.0. The summed E-state index contributed by atoms with van der Waals surface area (Å²) in [5, 5.41) is 3.34. The lowest BCUT2D eigenvalue weighted by Crippen LogP contribution is -2.39. The van der Waals surface area contributed by atoms with E-state index in [9.17, 15) is 4.79 Å². The van der Waals surface area contributed by atoms with Crippen LogP contribution in [0, 0.1) is 11.8 Å². The minimum Gasteiger partial charge on any atom is -0.326 e. The Balaban J connectivity index is 1.72. The van der Waals surface area contributed by atoms with Crippen LogP contribution in [0.25, 0.3) is 0 Å². The van der Waals surface area contributed by atoms with Crippen molar-refractivity contribution in [1.82, 2.24) is 10.2 Å². The van der Waals surface area contributed by atoms with E-state index in [2.05, 4.69) is 24.1 Å². The van der Waals surface area contributed by atoms with Crippen LogP contribution in [-0.2, 0) is 4.79 Å². The van der Waals surface area contributed by atoms with Gasteiger partial charge >= 0.3 is 0 Å². The van der Waals surface area contributed by atoms with Gasteiger partial charge in [-0.1, -0.05) is 39.5 Å². The number of hydrogen-bond donors (Lipinski definition) is 1. The van der Waals surface area contributed by atoms with Crippen LogP contribution in [0.3, 0.4) is 0 Å². The van der Waals surface area contributed by atoms with Crippen LogP contribution in [0.5, 0.6) is 0 Å². The molecule has 1 aliphatic heterocycles. The second-order valence-electron chi connectivity index (χ2n) is 6.41. The van der Waals surface area contributed by atoms with Gasteiger partial charge in [-0.2, -0.15) is 0 Å². The zero-order valence-corrected chi connectivity index (χ0v) is 12.0. The first kappa shape index (κ1) is 13.9. The highest BCUT2D eigenvalue weighted by Crippen LogP contribution is 2.28. The van der Waals surface area contributed by atoms with E-state index in [1.54, 1.807) is 0 Å². The highest BCUT2D eigenvalue weighted by atomic mass is 16.2. The van der Waals surface area contributed by atoms with Gasteiger partial charge in [-0.25, -0.2) is 0 Å². The third-order valence-corrected chi connectivity index (χ3v) is 4.37. The predicted molar refractivity (Wildman–Crippen MR) is 74.2 cm³/mol. The first-order valence-corrected chi connectivity index (χ1v) is 7.69. The number of hydrogen-bond acceptors (Lipinski definition) is 2. The standard InChI is InChI=1S/C15H28N2O/c1-12(2)10-14-16-11-15(18)17(14)9-5-8-13-6-3-4-7-13/h12-14,16H,3-11H2,1-2H3. The molecule has 1 amide bonds.